The molecule has 1 aliphatic carbocycles. The first-order valence-corrected chi connectivity index (χ1v) is 4.92. The number of halogens is 1. The van der Waals surface area contributed by atoms with Gasteiger partial charge in [0, 0.05) is 12.6 Å². The number of carbonyl (C=O) groups is 1. The Morgan fingerprint density at radius 1 is 1.53 bits per heavy atom. The zero-order valence-electron chi connectivity index (χ0n) is 8.16. The maximum absolute atomic E-state index is 12.8. The first-order chi connectivity index (χ1) is 7.16. The lowest BCUT2D eigenvalue weighted by atomic mass is 10.1. The van der Waals surface area contributed by atoms with Gasteiger partial charge in [-0.2, -0.15) is 0 Å². The van der Waals surface area contributed by atoms with Gasteiger partial charge in [-0.1, -0.05) is 6.07 Å². The quantitative estimate of drug-likeness (QED) is 0.794. The third kappa shape index (κ3) is 2.53. The highest BCUT2D eigenvalue weighted by Crippen LogP contribution is 2.20. The number of aromatic carboxylic acids is 1. The van der Waals surface area contributed by atoms with Gasteiger partial charge in [-0.3, -0.25) is 0 Å². The van der Waals surface area contributed by atoms with Crippen molar-refractivity contribution in [3.63, 3.8) is 0 Å². The van der Waals surface area contributed by atoms with Gasteiger partial charge >= 0.3 is 5.97 Å². The Bertz CT molecular complexity index is 388. The molecule has 2 N–H and O–H groups in total. The van der Waals surface area contributed by atoms with Gasteiger partial charge in [0.1, 0.15) is 5.82 Å². The summed E-state index contributed by atoms with van der Waals surface area (Å²) in [6.07, 6.45) is 2.28. The number of carboxylic acid groups (broad SMARTS) is 1. The maximum atomic E-state index is 12.8. The van der Waals surface area contributed by atoms with Gasteiger partial charge in [0.25, 0.3) is 0 Å². The largest absolute Gasteiger partial charge is 0.478 e. The number of hydrogen-bond acceptors (Lipinski definition) is 2. The zero-order valence-corrected chi connectivity index (χ0v) is 8.16. The van der Waals surface area contributed by atoms with Crippen LogP contribution in [0, 0.1) is 5.82 Å². The van der Waals surface area contributed by atoms with Crippen molar-refractivity contribution in [2.45, 2.75) is 25.4 Å². The molecule has 1 aliphatic rings. The van der Waals surface area contributed by atoms with E-state index in [2.05, 4.69) is 5.32 Å². The highest BCUT2D eigenvalue weighted by Gasteiger charge is 2.21. The Kier molecular flexibility index (Phi) is 2.68. The van der Waals surface area contributed by atoms with E-state index in [-0.39, 0.29) is 5.56 Å². The van der Waals surface area contributed by atoms with Crippen molar-refractivity contribution >= 4 is 5.97 Å². The average Bonchev–Trinajstić information content (AvgIpc) is 2.99. The monoisotopic (exact) mass is 209 g/mol. The van der Waals surface area contributed by atoms with Crippen LogP contribution in [0.2, 0.25) is 0 Å². The Morgan fingerprint density at radius 2 is 2.27 bits per heavy atom. The molecule has 0 saturated heterocycles. The van der Waals surface area contributed by atoms with Crippen molar-refractivity contribution in [3.05, 3.63) is 35.1 Å². The lowest BCUT2D eigenvalue weighted by Crippen LogP contribution is -2.17. The summed E-state index contributed by atoms with van der Waals surface area (Å²) in [7, 11) is 0. The van der Waals surface area contributed by atoms with E-state index in [0.29, 0.717) is 18.2 Å². The van der Waals surface area contributed by atoms with Gasteiger partial charge in [0.2, 0.25) is 0 Å². The molecule has 0 spiro atoms. The predicted molar refractivity (Wildman–Crippen MR) is 53.2 cm³/mol. The zero-order chi connectivity index (χ0) is 10.8. The van der Waals surface area contributed by atoms with Crippen LogP contribution < -0.4 is 5.32 Å². The fourth-order valence-electron chi connectivity index (χ4n) is 1.44. The van der Waals surface area contributed by atoms with E-state index in [9.17, 15) is 9.18 Å². The summed E-state index contributed by atoms with van der Waals surface area (Å²) < 4.78 is 12.8. The van der Waals surface area contributed by atoms with E-state index < -0.39 is 11.8 Å². The Labute approximate surface area is 86.9 Å². The van der Waals surface area contributed by atoms with Crippen LogP contribution in [0.1, 0.15) is 28.8 Å². The third-order valence-corrected chi connectivity index (χ3v) is 2.46. The molecule has 4 heteroatoms. The number of rotatable bonds is 4. The molecule has 1 aromatic carbocycles. The molecule has 15 heavy (non-hydrogen) atoms. The van der Waals surface area contributed by atoms with Crippen molar-refractivity contribution < 1.29 is 14.3 Å². The van der Waals surface area contributed by atoms with Gasteiger partial charge in [0.15, 0.2) is 0 Å². The second-order valence-corrected chi connectivity index (χ2v) is 3.76. The van der Waals surface area contributed by atoms with Crippen LogP contribution in [-0.2, 0) is 6.54 Å². The second kappa shape index (κ2) is 3.98. The van der Waals surface area contributed by atoms with Crippen LogP contribution in [0.5, 0.6) is 0 Å². The first kappa shape index (κ1) is 10.1. The summed E-state index contributed by atoms with van der Waals surface area (Å²) in [6.45, 7) is 0.493. The summed E-state index contributed by atoms with van der Waals surface area (Å²) in [5.41, 5.74) is 0.680. The maximum Gasteiger partial charge on any atom is 0.336 e. The molecular formula is C11H12FNO2. The smallest absolute Gasteiger partial charge is 0.336 e. The molecule has 0 heterocycles. The van der Waals surface area contributed by atoms with Crippen LogP contribution in [0.15, 0.2) is 18.2 Å². The molecule has 0 bridgehead atoms. The van der Waals surface area contributed by atoms with Gasteiger partial charge in [-0.15, -0.1) is 0 Å². The average molecular weight is 209 g/mol. The van der Waals surface area contributed by atoms with Crippen molar-refractivity contribution in [1.29, 1.82) is 0 Å². The minimum Gasteiger partial charge on any atom is -0.478 e. The molecule has 0 aliphatic heterocycles. The highest BCUT2D eigenvalue weighted by atomic mass is 19.1. The lowest BCUT2D eigenvalue weighted by Gasteiger charge is -2.06. The molecule has 0 amide bonds. The van der Waals surface area contributed by atoms with Crippen LogP contribution in [0.4, 0.5) is 4.39 Å². The molecule has 0 radical (unpaired) electrons. The minimum atomic E-state index is -1.08. The van der Waals surface area contributed by atoms with Crippen molar-refractivity contribution in [2.75, 3.05) is 0 Å². The predicted octanol–water partition coefficient (Wildman–Crippen LogP) is 1.78. The topological polar surface area (TPSA) is 49.3 Å². The second-order valence-electron chi connectivity index (χ2n) is 3.76. The summed E-state index contributed by atoms with van der Waals surface area (Å²) in [6, 6.07) is 4.38. The van der Waals surface area contributed by atoms with Gasteiger partial charge in [-0.05, 0) is 30.5 Å². The number of carboxylic acids is 1. The van der Waals surface area contributed by atoms with Gasteiger partial charge in [-0.25, -0.2) is 9.18 Å². The molecule has 80 valence electrons. The van der Waals surface area contributed by atoms with Crippen LogP contribution in [-0.4, -0.2) is 17.1 Å². The SMILES string of the molecule is O=C(O)c1cc(F)ccc1CNC1CC1. The van der Waals surface area contributed by atoms with Crippen molar-refractivity contribution in [2.24, 2.45) is 0 Å². The van der Waals surface area contributed by atoms with Crippen LogP contribution >= 0.6 is 0 Å². The molecule has 3 nitrogen and oxygen atoms in total. The summed E-state index contributed by atoms with van der Waals surface area (Å²) >= 11 is 0. The van der Waals surface area contributed by atoms with E-state index in [1.165, 1.54) is 12.1 Å². The number of nitrogens with one attached hydrogen (secondary N) is 1. The van der Waals surface area contributed by atoms with E-state index in [1.54, 1.807) is 0 Å². The Balaban J connectivity index is 2.15. The van der Waals surface area contributed by atoms with E-state index in [4.69, 9.17) is 5.11 Å². The lowest BCUT2D eigenvalue weighted by molar-refractivity contribution is 0.0695. The van der Waals surface area contributed by atoms with E-state index in [1.807, 2.05) is 0 Å². The highest BCUT2D eigenvalue weighted by molar-refractivity contribution is 5.89. The van der Waals surface area contributed by atoms with E-state index in [0.717, 1.165) is 18.9 Å². The standard InChI is InChI=1S/C11H12FNO2/c12-8-2-1-7(6-13-9-3-4-9)10(5-8)11(14)15/h1-2,5,9,13H,3-4,6H2,(H,14,15). The molecule has 0 atom stereocenters. The molecule has 1 saturated carbocycles. The Morgan fingerprint density at radius 3 is 2.87 bits per heavy atom. The summed E-state index contributed by atoms with van der Waals surface area (Å²) in [5.74, 6) is -1.59. The van der Waals surface area contributed by atoms with E-state index >= 15 is 0 Å². The fraction of sp³-hybridized carbons (Fsp3) is 0.364. The molecule has 1 aromatic rings. The summed E-state index contributed by atoms with van der Waals surface area (Å²) in [5, 5.41) is 12.1. The molecule has 0 aromatic heterocycles. The fourth-order valence-corrected chi connectivity index (χ4v) is 1.44. The normalized spacial score (nSPS) is 15.3. The first-order valence-electron chi connectivity index (χ1n) is 4.92. The van der Waals surface area contributed by atoms with Gasteiger partial charge in [0.05, 0.1) is 5.56 Å². The number of benzene rings is 1. The molecule has 1 fully saturated rings. The molecular weight excluding hydrogens is 197 g/mol. The molecule has 2 rings (SSSR count). The third-order valence-electron chi connectivity index (χ3n) is 2.46. The molecule has 0 unspecified atom stereocenters. The van der Waals surface area contributed by atoms with Crippen molar-refractivity contribution in [1.82, 2.24) is 5.32 Å². The Hall–Kier alpha value is -1.42. The minimum absolute atomic E-state index is 0.0446. The number of hydrogen-bond donors (Lipinski definition) is 2. The van der Waals surface area contributed by atoms with Crippen LogP contribution in [0.3, 0.4) is 0 Å². The van der Waals surface area contributed by atoms with Crippen LogP contribution in [0.25, 0.3) is 0 Å². The summed E-state index contributed by atoms with van der Waals surface area (Å²) in [4.78, 5) is 10.8. The van der Waals surface area contributed by atoms with Gasteiger partial charge < -0.3 is 10.4 Å². The van der Waals surface area contributed by atoms with Crippen molar-refractivity contribution in [3.8, 4) is 0 Å².